The molecule has 38 heavy (non-hydrogen) atoms. The highest BCUT2D eigenvalue weighted by atomic mass is 16.5. The van der Waals surface area contributed by atoms with E-state index in [1.165, 1.54) is 6.08 Å². The van der Waals surface area contributed by atoms with E-state index in [2.05, 4.69) is 6.58 Å². The minimum Gasteiger partial charge on any atom is -0.494 e. The molecule has 0 aliphatic rings. The third-order valence-electron chi connectivity index (χ3n) is 5.16. The molecule has 0 bridgehead atoms. The topological polar surface area (TPSA) is 136 Å². The number of unbranched alkanes of at least 4 members (excludes halogenated alkanes) is 5. The average Bonchev–Trinajstić information content (AvgIpc) is 2.92. The van der Waals surface area contributed by atoms with E-state index in [0.29, 0.717) is 13.0 Å². The smallest absolute Gasteiger partial charge is 0.339 e. The number of hydrogen-bond donors (Lipinski definition) is 2. The third kappa shape index (κ3) is 13.2. The highest BCUT2D eigenvalue weighted by Crippen LogP contribution is 2.15. The molecule has 0 heterocycles. The predicted octanol–water partition coefficient (Wildman–Crippen LogP) is 5.79. The lowest BCUT2D eigenvalue weighted by atomic mass is 10.0. The quantitative estimate of drug-likeness (QED) is 0.158. The molecule has 2 rings (SSSR count). The lowest BCUT2D eigenvalue weighted by molar-refractivity contribution is -0.137. The fourth-order valence-electron chi connectivity index (χ4n) is 3.12. The minimum atomic E-state index is -1.30. The van der Waals surface area contributed by atoms with E-state index in [0.717, 1.165) is 69.1 Å². The van der Waals surface area contributed by atoms with Crippen LogP contribution < -0.4 is 4.74 Å². The maximum Gasteiger partial charge on any atom is 0.339 e. The first-order chi connectivity index (χ1) is 18.3. The average molecular weight is 529 g/mol. The Morgan fingerprint density at radius 1 is 0.763 bits per heavy atom. The molecule has 0 aliphatic heterocycles. The molecule has 0 saturated carbocycles. The van der Waals surface area contributed by atoms with Gasteiger partial charge in [0.15, 0.2) is 0 Å². The molecule has 206 valence electrons. The van der Waals surface area contributed by atoms with Gasteiger partial charge in [-0.2, -0.15) is 0 Å². The highest BCUT2D eigenvalue weighted by Gasteiger charge is 2.20. The Labute approximate surface area is 223 Å². The van der Waals surface area contributed by atoms with Gasteiger partial charge in [0, 0.05) is 6.08 Å². The van der Waals surface area contributed by atoms with Crippen molar-refractivity contribution in [2.75, 3.05) is 19.8 Å². The van der Waals surface area contributed by atoms with Crippen molar-refractivity contribution in [2.45, 2.75) is 51.9 Å². The van der Waals surface area contributed by atoms with Crippen molar-refractivity contribution in [1.29, 1.82) is 0 Å². The van der Waals surface area contributed by atoms with Crippen molar-refractivity contribution in [3.05, 3.63) is 77.9 Å². The standard InChI is InChI=1S/C15H20O3.C14H16O6/c1-2-15(16)18-13-9-4-3-8-12-17-14-10-6-5-7-11-14;1-2-3-4-7-20-14(19)11-8-9(12(15)16)5-6-10(11)13(17)18/h2,5-7,10-11H,1,3-4,8-9,12-13H2;5-6,8H,2-4,7H2,1H3,(H,15,16)(H,17,18). The number of rotatable bonds is 16. The summed E-state index contributed by atoms with van der Waals surface area (Å²) < 4.78 is 15.4. The number of carboxylic acids is 2. The normalized spacial score (nSPS) is 9.92. The van der Waals surface area contributed by atoms with E-state index in [1.807, 2.05) is 37.3 Å². The van der Waals surface area contributed by atoms with Gasteiger partial charge >= 0.3 is 23.9 Å². The molecular weight excluding hydrogens is 492 g/mol. The van der Waals surface area contributed by atoms with E-state index in [9.17, 15) is 19.2 Å². The fraction of sp³-hybridized carbons (Fsp3) is 0.379. The van der Waals surface area contributed by atoms with Crippen LogP contribution >= 0.6 is 0 Å². The molecule has 0 unspecified atom stereocenters. The first-order valence-electron chi connectivity index (χ1n) is 12.5. The number of para-hydroxylation sites is 1. The maximum atomic E-state index is 11.8. The van der Waals surface area contributed by atoms with Crippen molar-refractivity contribution < 1.29 is 43.6 Å². The number of benzene rings is 2. The summed E-state index contributed by atoms with van der Waals surface area (Å²) in [7, 11) is 0. The van der Waals surface area contributed by atoms with Gasteiger partial charge in [0.25, 0.3) is 0 Å². The first kappa shape index (κ1) is 31.9. The Morgan fingerprint density at radius 3 is 2.00 bits per heavy atom. The molecule has 0 amide bonds. The van der Waals surface area contributed by atoms with Gasteiger partial charge < -0.3 is 24.4 Å². The molecule has 0 atom stereocenters. The summed E-state index contributed by atoms with van der Waals surface area (Å²) >= 11 is 0. The largest absolute Gasteiger partial charge is 0.494 e. The third-order valence-corrected chi connectivity index (χ3v) is 5.16. The lowest BCUT2D eigenvalue weighted by Crippen LogP contribution is -2.14. The molecule has 2 N–H and O–H groups in total. The summed E-state index contributed by atoms with van der Waals surface area (Å²) in [4.78, 5) is 44.5. The van der Waals surface area contributed by atoms with Gasteiger partial charge in [0.1, 0.15) is 5.75 Å². The van der Waals surface area contributed by atoms with Gasteiger partial charge in [0.2, 0.25) is 0 Å². The Hall–Kier alpha value is -4.14. The van der Waals surface area contributed by atoms with Crippen molar-refractivity contribution in [3.63, 3.8) is 0 Å². The van der Waals surface area contributed by atoms with E-state index in [-0.39, 0.29) is 29.3 Å². The van der Waals surface area contributed by atoms with Crippen LogP contribution in [0.4, 0.5) is 0 Å². The number of esters is 2. The molecule has 2 aromatic carbocycles. The van der Waals surface area contributed by atoms with Crippen LogP contribution in [0.25, 0.3) is 0 Å². The number of carboxylic acid groups (broad SMARTS) is 2. The molecule has 0 spiro atoms. The van der Waals surface area contributed by atoms with Crippen LogP contribution in [-0.2, 0) is 14.3 Å². The monoisotopic (exact) mass is 528 g/mol. The second kappa shape index (κ2) is 19.0. The molecule has 2 aromatic rings. The minimum absolute atomic E-state index is 0.157. The second-order valence-corrected chi connectivity index (χ2v) is 8.16. The van der Waals surface area contributed by atoms with Crippen LogP contribution in [0.3, 0.4) is 0 Å². The van der Waals surface area contributed by atoms with E-state index < -0.39 is 17.9 Å². The maximum absolute atomic E-state index is 11.8. The zero-order chi connectivity index (χ0) is 28.2. The fourth-order valence-corrected chi connectivity index (χ4v) is 3.12. The number of aromatic carboxylic acids is 2. The number of carbonyl (C=O) groups is 4. The van der Waals surface area contributed by atoms with Gasteiger partial charge in [-0.3, -0.25) is 0 Å². The number of hydrogen-bond acceptors (Lipinski definition) is 7. The molecule has 0 saturated heterocycles. The van der Waals surface area contributed by atoms with Crippen molar-refractivity contribution in [3.8, 4) is 5.75 Å². The molecule has 0 aromatic heterocycles. The van der Waals surface area contributed by atoms with E-state index in [4.69, 9.17) is 24.4 Å². The van der Waals surface area contributed by atoms with Gasteiger partial charge in [-0.05, 0) is 62.4 Å². The van der Waals surface area contributed by atoms with Crippen LogP contribution in [-0.4, -0.2) is 53.9 Å². The van der Waals surface area contributed by atoms with E-state index >= 15 is 0 Å². The SMILES string of the molecule is C=CC(=O)OCCCCCCOc1ccccc1.CCCCCOC(=O)c1cc(C(=O)O)ccc1C(=O)O. The summed E-state index contributed by atoms with van der Waals surface area (Å²) in [6, 6.07) is 13.1. The summed E-state index contributed by atoms with van der Waals surface area (Å²) in [5.74, 6) is -2.79. The summed E-state index contributed by atoms with van der Waals surface area (Å²) in [5.41, 5.74) is -0.667. The van der Waals surface area contributed by atoms with Crippen LogP contribution in [0.2, 0.25) is 0 Å². The zero-order valence-electron chi connectivity index (χ0n) is 21.7. The van der Waals surface area contributed by atoms with Gasteiger partial charge in [-0.25, -0.2) is 19.2 Å². The Bertz CT molecular complexity index is 1030. The van der Waals surface area contributed by atoms with Crippen LogP contribution in [0.15, 0.2) is 61.2 Å². The molecular formula is C29H36O9. The molecule has 0 fully saturated rings. The van der Waals surface area contributed by atoms with Gasteiger partial charge in [-0.1, -0.05) is 44.5 Å². The number of carbonyl (C=O) groups excluding carboxylic acids is 2. The Morgan fingerprint density at radius 2 is 1.39 bits per heavy atom. The predicted molar refractivity (Wildman–Crippen MR) is 142 cm³/mol. The first-order valence-corrected chi connectivity index (χ1v) is 12.5. The van der Waals surface area contributed by atoms with E-state index in [1.54, 1.807) is 0 Å². The Balaban J connectivity index is 0.000000382. The summed E-state index contributed by atoms with van der Waals surface area (Å²) in [6.07, 6.45) is 7.77. The van der Waals surface area contributed by atoms with Crippen LogP contribution in [0, 0.1) is 0 Å². The summed E-state index contributed by atoms with van der Waals surface area (Å²) in [6.45, 7) is 6.73. The summed E-state index contributed by atoms with van der Waals surface area (Å²) in [5, 5.41) is 17.9. The van der Waals surface area contributed by atoms with Crippen molar-refractivity contribution >= 4 is 23.9 Å². The van der Waals surface area contributed by atoms with Gasteiger partial charge in [0.05, 0.1) is 36.5 Å². The van der Waals surface area contributed by atoms with Crippen LogP contribution in [0.1, 0.15) is 82.9 Å². The lowest BCUT2D eigenvalue weighted by Gasteiger charge is -2.08. The molecule has 0 radical (unpaired) electrons. The van der Waals surface area contributed by atoms with Crippen molar-refractivity contribution in [1.82, 2.24) is 0 Å². The highest BCUT2D eigenvalue weighted by molar-refractivity contribution is 6.04. The van der Waals surface area contributed by atoms with Crippen LogP contribution in [0.5, 0.6) is 5.75 Å². The molecule has 0 aliphatic carbocycles. The zero-order valence-corrected chi connectivity index (χ0v) is 21.7. The Kier molecular flexibility index (Phi) is 16.0. The molecule has 9 heteroatoms. The molecule has 9 nitrogen and oxygen atoms in total. The van der Waals surface area contributed by atoms with Crippen molar-refractivity contribution in [2.24, 2.45) is 0 Å². The second-order valence-electron chi connectivity index (χ2n) is 8.16. The van der Waals surface area contributed by atoms with Gasteiger partial charge in [-0.15, -0.1) is 0 Å². The number of ether oxygens (including phenoxy) is 3.